The molecule has 0 aliphatic carbocycles. The lowest BCUT2D eigenvalue weighted by Gasteiger charge is -2.46. The number of aryl methyl sites for hydroxylation is 1. The van der Waals surface area contributed by atoms with Gasteiger partial charge >= 0.3 is 6.09 Å². The highest BCUT2D eigenvalue weighted by atomic mass is 35.5. The lowest BCUT2D eigenvalue weighted by atomic mass is 9.86. The van der Waals surface area contributed by atoms with Crippen molar-refractivity contribution in [1.29, 1.82) is 0 Å². The number of carbonyl (C=O) groups is 1. The van der Waals surface area contributed by atoms with E-state index in [0.717, 1.165) is 11.1 Å². The third-order valence-corrected chi connectivity index (χ3v) is 3.68. The number of hydrogen-bond acceptors (Lipinski definition) is 3. The Labute approximate surface area is 124 Å². The molecule has 110 valence electrons. The zero-order valence-electron chi connectivity index (χ0n) is 12.2. The zero-order valence-corrected chi connectivity index (χ0v) is 13.0. The molecule has 0 atom stereocenters. The van der Waals surface area contributed by atoms with E-state index in [0.29, 0.717) is 5.02 Å². The van der Waals surface area contributed by atoms with Gasteiger partial charge in [-0.25, -0.2) is 4.79 Å². The first-order valence-corrected chi connectivity index (χ1v) is 6.95. The third kappa shape index (κ3) is 3.07. The minimum Gasteiger partial charge on any atom is -0.444 e. The molecule has 0 saturated carbocycles. The fraction of sp³-hybridized carbons (Fsp3) is 0.533. The highest BCUT2D eigenvalue weighted by molar-refractivity contribution is 6.31. The fourth-order valence-corrected chi connectivity index (χ4v) is 2.28. The summed E-state index contributed by atoms with van der Waals surface area (Å²) in [6.45, 7) is 7.82. The molecule has 0 spiro atoms. The molecule has 2 rings (SSSR count). The monoisotopic (exact) mass is 297 g/mol. The maximum Gasteiger partial charge on any atom is 0.410 e. The molecule has 1 N–H and O–H groups in total. The van der Waals surface area contributed by atoms with Crippen molar-refractivity contribution in [2.75, 3.05) is 13.1 Å². The molecule has 1 aliphatic rings. The quantitative estimate of drug-likeness (QED) is 0.866. The molecule has 20 heavy (non-hydrogen) atoms. The Bertz CT molecular complexity index is 530. The highest BCUT2D eigenvalue weighted by Gasteiger charge is 2.46. The smallest absolute Gasteiger partial charge is 0.410 e. The standard InChI is InChI=1S/C15H20ClNO3/c1-10-7-11(5-6-12(10)16)15(19)8-17(9-15)13(18)20-14(2,3)4/h5-7,19H,8-9H2,1-4H3. The van der Waals surface area contributed by atoms with Gasteiger partial charge < -0.3 is 14.7 Å². The van der Waals surface area contributed by atoms with Crippen LogP contribution in [0.4, 0.5) is 4.79 Å². The van der Waals surface area contributed by atoms with Crippen LogP contribution in [0.2, 0.25) is 5.02 Å². The largest absolute Gasteiger partial charge is 0.444 e. The van der Waals surface area contributed by atoms with Gasteiger partial charge in [-0.2, -0.15) is 0 Å². The summed E-state index contributed by atoms with van der Waals surface area (Å²) in [6, 6.07) is 5.41. The molecule has 1 aliphatic heterocycles. The minimum atomic E-state index is -1.01. The second-order valence-electron chi connectivity index (χ2n) is 6.33. The first-order chi connectivity index (χ1) is 9.11. The van der Waals surface area contributed by atoms with Crippen molar-refractivity contribution in [3.8, 4) is 0 Å². The third-order valence-electron chi connectivity index (χ3n) is 3.25. The molecule has 4 nitrogen and oxygen atoms in total. The number of carbonyl (C=O) groups excluding carboxylic acids is 1. The highest BCUT2D eigenvalue weighted by Crippen LogP contribution is 2.34. The Kier molecular flexibility index (Phi) is 3.73. The van der Waals surface area contributed by atoms with E-state index in [9.17, 15) is 9.90 Å². The van der Waals surface area contributed by atoms with Gasteiger partial charge in [-0.15, -0.1) is 0 Å². The van der Waals surface area contributed by atoms with E-state index < -0.39 is 17.3 Å². The molecule has 1 heterocycles. The molecule has 0 unspecified atom stereocenters. The number of benzene rings is 1. The average molecular weight is 298 g/mol. The zero-order chi connectivity index (χ0) is 15.1. The predicted molar refractivity (Wildman–Crippen MR) is 77.9 cm³/mol. The van der Waals surface area contributed by atoms with Crippen LogP contribution in [0.1, 0.15) is 31.9 Å². The Morgan fingerprint density at radius 2 is 2.00 bits per heavy atom. The molecule has 1 aromatic rings. The first-order valence-electron chi connectivity index (χ1n) is 6.58. The van der Waals surface area contributed by atoms with Crippen molar-refractivity contribution >= 4 is 17.7 Å². The van der Waals surface area contributed by atoms with E-state index in [1.807, 2.05) is 33.8 Å². The van der Waals surface area contributed by atoms with Crippen molar-refractivity contribution in [2.45, 2.75) is 38.9 Å². The topological polar surface area (TPSA) is 49.8 Å². The van der Waals surface area contributed by atoms with Gasteiger partial charge in [0.05, 0.1) is 13.1 Å². The number of β-amino-alcohol motifs (C(OH)–C–C–N with tert-alkyl or cyclic N) is 1. The van der Waals surface area contributed by atoms with Crippen LogP contribution in [-0.4, -0.2) is 34.8 Å². The molecule has 1 saturated heterocycles. The Morgan fingerprint density at radius 3 is 2.50 bits per heavy atom. The lowest BCUT2D eigenvalue weighted by Crippen LogP contribution is -2.61. The van der Waals surface area contributed by atoms with E-state index in [4.69, 9.17) is 16.3 Å². The number of likely N-dealkylation sites (tertiary alicyclic amines) is 1. The Morgan fingerprint density at radius 1 is 1.40 bits per heavy atom. The van der Waals surface area contributed by atoms with E-state index in [-0.39, 0.29) is 13.1 Å². The molecule has 1 aromatic carbocycles. The SMILES string of the molecule is Cc1cc(C2(O)CN(C(=O)OC(C)(C)C)C2)ccc1Cl. The number of nitrogens with zero attached hydrogens (tertiary/aromatic N) is 1. The summed E-state index contributed by atoms with van der Waals surface area (Å²) in [5.74, 6) is 0. The van der Waals surface area contributed by atoms with Gasteiger partial charge in [-0.05, 0) is 44.9 Å². The maximum atomic E-state index is 11.9. The Hall–Kier alpha value is -1.26. The van der Waals surface area contributed by atoms with Crippen LogP contribution in [0, 0.1) is 6.92 Å². The van der Waals surface area contributed by atoms with Gasteiger partial charge in [0.25, 0.3) is 0 Å². The molecule has 0 radical (unpaired) electrons. The van der Waals surface area contributed by atoms with Crippen LogP contribution in [-0.2, 0) is 10.3 Å². The molecular weight excluding hydrogens is 278 g/mol. The molecule has 0 bridgehead atoms. The van der Waals surface area contributed by atoms with Crippen molar-refractivity contribution in [3.63, 3.8) is 0 Å². The second-order valence-corrected chi connectivity index (χ2v) is 6.74. The van der Waals surface area contributed by atoms with Gasteiger partial charge in [0.1, 0.15) is 11.2 Å². The van der Waals surface area contributed by atoms with Crippen molar-refractivity contribution < 1.29 is 14.6 Å². The lowest BCUT2D eigenvalue weighted by molar-refractivity contribution is -0.103. The van der Waals surface area contributed by atoms with E-state index in [1.165, 1.54) is 4.90 Å². The first kappa shape index (κ1) is 15.1. The number of rotatable bonds is 1. The number of halogens is 1. The van der Waals surface area contributed by atoms with Crippen molar-refractivity contribution in [3.05, 3.63) is 34.3 Å². The van der Waals surface area contributed by atoms with Crippen molar-refractivity contribution in [2.24, 2.45) is 0 Å². The second kappa shape index (κ2) is 4.93. The van der Waals surface area contributed by atoms with Crippen LogP contribution < -0.4 is 0 Å². The normalized spacial score (nSPS) is 17.6. The number of amides is 1. The Balaban J connectivity index is 2.03. The van der Waals surface area contributed by atoms with E-state index >= 15 is 0 Å². The number of hydrogen-bond donors (Lipinski definition) is 1. The summed E-state index contributed by atoms with van der Waals surface area (Å²) >= 11 is 5.98. The molecule has 1 amide bonds. The summed E-state index contributed by atoms with van der Waals surface area (Å²) in [7, 11) is 0. The van der Waals surface area contributed by atoms with Gasteiger partial charge in [-0.1, -0.05) is 23.7 Å². The molecule has 0 aromatic heterocycles. The summed E-state index contributed by atoms with van der Waals surface area (Å²) in [5.41, 5.74) is 0.154. The van der Waals surface area contributed by atoms with E-state index in [1.54, 1.807) is 12.1 Å². The van der Waals surface area contributed by atoms with Crippen LogP contribution in [0.15, 0.2) is 18.2 Å². The number of aliphatic hydroxyl groups is 1. The molecular formula is C15H20ClNO3. The molecule has 1 fully saturated rings. The summed E-state index contributed by atoms with van der Waals surface area (Å²) in [4.78, 5) is 13.3. The molecule has 5 heteroatoms. The van der Waals surface area contributed by atoms with Gasteiger partial charge in [0, 0.05) is 5.02 Å². The summed E-state index contributed by atoms with van der Waals surface area (Å²) in [6.07, 6.45) is -0.395. The van der Waals surface area contributed by atoms with Crippen molar-refractivity contribution in [1.82, 2.24) is 4.90 Å². The van der Waals surface area contributed by atoms with E-state index in [2.05, 4.69) is 0 Å². The average Bonchev–Trinajstić information content (AvgIpc) is 2.26. The van der Waals surface area contributed by atoms with Crippen LogP contribution in [0.25, 0.3) is 0 Å². The number of ether oxygens (including phenoxy) is 1. The van der Waals surface area contributed by atoms with Gasteiger partial charge in [-0.3, -0.25) is 0 Å². The fourth-order valence-electron chi connectivity index (χ4n) is 2.16. The minimum absolute atomic E-state index is 0.239. The summed E-state index contributed by atoms with van der Waals surface area (Å²) < 4.78 is 5.27. The van der Waals surface area contributed by atoms with Crippen LogP contribution in [0.5, 0.6) is 0 Å². The predicted octanol–water partition coefficient (Wildman–Crippen LogP) is 3.09. The van der Waals surface area contributed by atoms with Gasteiger partial charge in [0.2, 0.25) is 0 Å². The van der Waals surface area contributed by atoms with Gasteiger partial charge in [0.15, 0.2) is 0 Å². The summed E-state index contributed by atoms with van der Waals surface area (Å²) in [5, 5.41) is 11.2. The van der Waals surface area contributed by atoms with Crippen LogP contribution >= 0.6 is 11.6 Å². The van der Waals surface area contributed by atoms with Crippen LogP contribution in [0.3, 0.4) is 0 Å². The maximum absolute atomic E-state index is 11.9.